The molecule has 0 bridgehead atoms. The highest BCUT2D eigenvalue weighted by molar-refractivity contribution is 7.47. The Morgan fingerprint density at radius 3 is 0.794 bits per heavy atom. The fourth-order valence-electron chi connectivity index (χ4n) is 11.4. The molecular weight excluding hydrogens is 1390 g/mol. The highest BCUT2D eigenvalue weighted by Gasteiger charge is 2.29. The Morgan fingerprint density at radius 2 is 0.495 bits per heavy atom. The summed E-state index contributed by atoms with van der Waals surface area (Å²) < 4.78 is 61.1. The number of rotatable bonds is 80. The van der Waals surface area contributed by atoms with Crippen LogP contribution in [-0.4, -0.2) is 95.9 Å². The minimum atomic E-state index is -4.93. The number of aliphatic hydroxyl groups excluding tert-OH is 2. The molecule has 0 saturated carbocycles. The fourth-order valence-corrected chi connectivity index (χ4v) is 13.0. The monoisotopic (exact) mass is 1540 g/mol. The van der Waals surface area contributed by atoms with Crippen molar-refractivity contribution in [1.82, 2.24) is 0 Å². The Kier molecular flexibility index (Phi) is 77.9. The molecule has 4 N–H and O–H groups in total. The van der Waals surface area contributed by atoms with E-state index < -0.39 is 91.5 Å². The minimum absolute atomic E-state index is 0.0916. The topological polar surface area (TPSA) is 231 Å². The number of aliphatic hydroxyl groups is 2. The molecule has 107 heavy (non-hydrogen) atoms. The number of carbonyl (C=O) groups is 3. The summed E-state index contributed by atoms with van der Waals surface area (Å²) in [5.41, 5.74) is 0. The summed E-state index contributed by atoms with van der Waals surface area (Å²) in [6.07, 6.45) is 99.6. The molecule has 0 aliphatic rings. The summed E-state index contributed by atoms with van der Waals surface area (Å²) >= 11 is 0. The molecule has 0 aliphatic carbocycles. The maximum atomic E-state index is 12.9. The Balaban J connectivity index is 4.34. The molecule has 0 heterocycles. The lowest BCUT2D eigenvalue weighted by Crippen LogP contribution is -2.30. The average Bonchev–Trinajstić information content (AvgIpc) is 0.903. The van der Waals surface area contributed by atoms with Gasteiger partial charge in [-0.1, -0.05) is 341 Å². The van der Waals surface area contributed by atoms with E-state index in [1.807, 2.05) is 0 Å². The van der Waals surface area contributed by atoms with E-state index in [9.17, 15) is 43.5 Å². The molecule has 0 aliphatic heterocycles. The average molecular weight is 1540 g/mol. The van der Waals surface area contributed by atoms with Gasteiger partial charge in [-0.2, -0.15) is 0 Å². The Morgan fingerprint density at radius 1 is 0.271 bits per heavy atom. The molecule has 0 saturated heterocycles. The van der Waals surface area contributed by atoms with Crippen LogP contribution in [0.15, 0.2) is 134 Å². The van der Waals surface area contributed by atoms with Crippen molar-refractivity contribution in [2.45, 2.75) is 373 Å². The van der Waals surface area contributed by atoms with Crippen molar-refractivity contribution in [3.8, 4) is 0 Å². The van der Waals surface area contributed by atoms with Crippen molar-refractivity contribution < 1.29 is 75.8 Å². The third-order valence-corrected chi connectivity index (χ3v) is 19.7. The van der Waals surface area contributed by atoms with Gasteiger partial charge in [-0.15, -0.1) is 0 Å². The summed E-state index contributed by atoms with van der Waals surface area (Å²) in [6.45, 7) is 2.42. The van der Waals surface area contributed by atoms with Gasteiger partial charge in [0.25, 0.3) is 0 Å². The molecule has 5 atom stereocenters. The van der Waals surface area contributed by atoms with Crippen LogP contribution < -0.4 is 0 Å². The van der Waals surface area contributed by atoms with Gasteiger partial charge in [0.15, 0.2) is 6.10 Å². The van der Waals surface area contributed by atoms with Gasteiger partial charge in [0.1, 0.15) is 25.4 Å². The first kappa shape index (κ1) is 103. The standard InChI is InChI=1S/C89H154O16P2/c1-4-7-10-13-16-19-22-24-26-28-30-32-34-36-37-38-39-40-41-42-43-44-45-47-49-50-52-54-56-58-61-63-66-69-72-75-87(92)99-78-84(90)79-101-106(95,96)102-80-85(91)81-103-107(97,98)104-83-86(105-89(94)77-74-71-68-65-60-21-18-15-12-9-6-3)82-100-88(93)76-73-70-67-64-62-59-57-55-53-51-48-46-35-33-31-29-27-25-23-20-17-14-11-8-5-2/h7-8,10-11,15-20,24-27,30-33,36-37,46,48,84-86,90-91H,4-6,9,12-14,21-23,28-29,34-35,38-45,47,49-83H2,1-3H3,(H,95,96)(H,97,98)/b10-7-,11-8-,18-15-,19-16-,20-17-,26-24-,27-25-,32-30-,33-31-,37-36-,48-46-. The smallest absolute Gasteiger partial charge is 0.463 e. The fraction of sp³-hybridized carbons (Fsp3) is 0.719. The van der Waals surface area contributed by atoms with E-state index >= 15 is 0 Å². The molecule has 16 nitrogen and oxygen atoms in total. The first-order valence-electron chi connectivity index (χ1n) is 42.5. The Labute approximate surface area is 652 Å². The van der Waals surface area contributed by atoms with Crippen LogP contribution >= 0.6 is 15.6 Å². The SMILES string of the molecule is CC/C=C\C/C=C\C/C=C\C/C=C\C/C=C\CCCCCCCCCCCCCCCCCCCCCC(=O)OCC(O)COP(=O)(O)OCC(O)COP(=O)(O)OCC(COC(=O)CCCCCCCCCCC/C=C\C/C=C\C/C=C\C/C=C\C/C=C\CC)OC(=O)CCCCCCC/C=C\CCCC. The number of hydrogen-bond donors (Lipinski definition) is 4. The van der Waals surface area contributed by atoms with E-state index in [1.165, 1.54) is 141 Å². The summed E-state index contributed by atoms with van der Waals surface area (Å²) in [5, 5.41) is 20.7. The van der Waals surface area contributed by atoms with Gasteiger partial charge in [0, 0.05) is 19.3 Å². The van der Waals surface area contributed by atoms with Gasteiger partial charge in [0.05, 0.1) is 26.4 Å². The molecule has 616 valence electrons. The summed E-state index contributed by atoms with van der Waals surface area (Å²) in [4.78, 5) is 58.6. The molecule has 0 aromatic rings. The zero-order valence-electron chi connectivity index (χ0n) is 67.5. The van der Waals surface area contributed by atoms with Gasteiger partial charge in [-0.3, -0.25) is 32.5 Å². The van der Waals surface area contributed by atoms with E-state index in [0.717, 1.165) is 154 Å². The molecule has 0 aromatic carbocycles. The Bertz CT molecular complexity index is 2480. The number of hydrogen-bond acceptors (Lipinski definition) is 14. The number of phosphoric acid groups is 2. The van der Waals surface area contributed by atoms with Crippen molar-refractivity contribution in [2.75, 3.05) is 39.6 Å². The predicted molar refractivity (Wildman–Crippen MR) is 445 cm³/mol. The van der Waals surface area contributed by atoms with Crippen LogP contribution in [0, 0.1) is 0 Å². The van der Waals surface area contributed by atoms with Gasteiger partial charge in [0.2, 0.25) is 0 Å². The van der Waals surface area contributed by atoms with Crippen LogP contribution in [0.5, 0.6) is 0 Å². The minimum Gasteiger partial charge on any atom is -0.463 e. The molecule has 0 radical (unpaired) electrons. The molecule has 5 unspecified atom stereocenters. The lowest BCUT2D eigenvalue weighted by molar-refractivity contribution is -0.161. The molecule has 0 aromatic heterocycles. The van der Waals surface area contributed by atoms with Crippen LogP contribution in [0.1, 0.15) is 355 Å². The summed E-state index contributed by atoms with van der Waals surface area (Å²) in [6, 6.07) is 0. The molecule has 0 fully saturated rings. The molecule has 0 amide bonds. The lowest BCUT2D eigenvalue weighted by Gasteiger charge is -2.21. The van der Waals surface area contributed by atoms with Crippen molar-refractivity contribution in [1.29, 1.82) is 0 Å². The second-order valence-electron chi connectivity index (χ2n) is 28.2. The van der Waals surface area contributed by atoms with Crippen LogP contribution in [0.4, 0.5) is 0 Å². The second-order valence-corrected chi connectivity index (χ2v) is 31.1. The first-order chi connectivity index (χ1) is 52.2. The quantitative estimate of drug-likeness (QED) is 0.0146. The van der Waals surface area contributed by atoms with Crippen LogP contribution in [-0.2, 0) is 55.8 Å². The van der Waals surface area contributed by atoms with Crippen molar-refractivity contribution in [2.24, 2.45) is 0 Å². The molecule has 0 rings (SSSR count). The normalized spacial score (nSPS) is 14.6. The third-order valence-electron chi connectivity index (χ3n) is 17.8. The molecule has 0 spiro atoms. The number of carbonyl (C=O) groups excluding carboxylic acids is 3. The zero-order valence-corrected chi connectivity index (χ0v) is 69.3. The summed E-state index contributed by atoms with van der Waals surface area (Å²) in [5.74, 6) is -1.58. The highest BCUT2D eigenvalue weighted by Crippen LogP contribution is 2.45. The number of allylic oxidation sites excluding steroid dienone is 22. The highest BCUT2D eigenvalue weighted by atomic mass is 31.2. The van der Waals surface area contributed by atoms with E-state index in [-0.39, 0.29) is 19.3 Å². The first-order valence-corrected chi connectivity index (χ1v) is 45.5. The van der Waals surface area contributed by atoms with Crippen LogP contribution in [0.2, 0.25) is 0 Å². The molecular formula is C89H154O16P2. The maximum Gasteiger partial charge on any atom is 0.472 e. The van der Waals surface area contributed by atoms with Crippen LogP contribution in [0.25, 0.3) is 0 Å². The van der Waals surface area contributed by atoms with Crippen LogP contribution in [0.3, 0.4) is 0 Å². The summed E-state index contributed by atoms with van der Waals surface area (Å²) in [7, 11) is -9.79. The number of ether oxygens (including phenoxy) is 3. The van der Waals surface area contributed by atoms with Crippen molar-refractivity contribution in [3.63, 3.8) is 0 Å². The van der Waals surface area contributed by atoms with Gasteiger partial charge >= 0.3 is 33.6 Å². The van der Waals surface area contributed by atoms with Gasteiger partial charge in [-0.25, -0.2) is 9.13 Å². The Hall–Kier alpha value is -4.31. The number of unbranched alkanes of at least 4 members (excludes halogenated alkanes) is 35. The van der Waals surface area contributed by atoms with Gasteiger partial charge < -0.3 is 34.2 Å². The van der Waals surface area contributed by atoms with E-state index in [1.54, 1.807) is 0 Å². The van der Waals surface area contributed by atoms with E-state index in [4.69, 9.17) is 32.3 Å². The largest absolute Gasteiger partial charge is 0.472 e. The van der Waals surface area contributed by atoms with Crippen molar-refractivity contribution in [3.05, 3.63) is 134 Å². The lowest BCUT2D eigenvalue weighted by atomic mass is 10.0. The third kappa shape index (κ3) is 82.5. The predicted octanol–water partition coefficient (Wildman–Crippen LogP) is 25.4. The molecule has 18 heteroatoms. The number of phosphoric ester groups is 2. The van der Waals surface area contributed by atoms with E-state index in [0.29, 0.717) is 19.3 Å². The van der Waals surface area contributed by atoms with Gasteiger partial charge in [-0.05, 0) is 128 Å². The van der Waals surface area contributed by atoms with E-state index in [2.05, 4.69) is 154 Å². The zero-order chi connectivity index (χ0) is 78.0. The second kappa shape index (κ2) is 81.2. The van der Waals surface area contributed by atoms with Crippen molar-refractivity contribution >= 4 is 33.6 Å². The maximum absolute atomic E-state index is 12.9. The number of esters is 3.